The summed E-state index contributed by atoms with van der Waals surface area (Å²) in [6.45, 7) is 4.26. The fourth-order valence-corrected chi connectivity index (χ4v) is 1.57. The summed E-state index contributed by atoms with van der Waals surface area (Å²) in [5, 5.41) is 11.7. The Labute approximate surface area is 120 Å². The van der Waals surface area contributed by atoms with Crippen molar-refractivity contribution in [3.63, 3.8) is 0 Å². The Morgan fingerprint density at radius 1 is 1.25 bits per heavy atom. The smallest absolute Gasteiger partial charge is 0.239 e. The first kappa shape index (κ1) is 18.8. The van der Waals surface area contributed by atoms with E-state index in [1.807, 2.05) is 6.92 Å². The van der Waals surface area contributed by atoms with Gasteiger partial charge in [-0.1, -0.05) is 6.92 Å². The monoisotopic (exact) mass is 289 g/mol. The van der Waals surface area contributed by atoms with Crippen molar-refractivity contribution in [2.75, 3.05) is 60.1 Å². The minimum atomic E-state index is -0.159. The highest BCUT2D eigenvalue weighted by Crippen LogP contribution is 1.93. The van der Waals surface area contributed by atoms with Crippen molar-refractivity contribution in [1.82, 2.24) is 15.1 Å². The van der Waals surface area contributed by atoms with E-state index in [2.05, 4.69) is 5.32 Å². The lowest BCUT2D eigenvalue weighted by atomic mass is 10.4. The molecule has 0 bridgehead atoms. The van der Waals surface area contributed by atoms with Gasteiger partial charge in [-0.25, -0.2) is 0 Å². The second kappa shape index (κ2) is 11.6. The maximum absolute atomic E-state index is 12.0. The van der Waals surface area contributed by atoms with Gasteiger partial charge in [-0.05, 0) is 6.42 Å². The summed E-state index contributed by atoms with van der Waals surface area (Å²) in [7, 11) is 3.18. The Kier molecular flexibility index (Phi) is 10.9. The molecule has 20 heavy (non-hydrogen) atoms. The minimum Gasteiger partial charge on any atom is -0.395 e. The van der Waals surface area contributed by atoms with Gasteiger partial charge in [-0.15, -0.1) is 0 Å². The van der Waals surface area contributed by atoms with E-state index in [-0.39, 0.29) is 31.5 Å². The van der Waals surface area contributed by atoms with E-state index in [0.29, 0.717) is 26.2 Å². The fraction of sp³-hybridized carbons (Fsp3) is 0.846. The molecule has 0 atom stereocenters. The molecule has 0 aromatic heterocycles. The van der Waals surface area contributed by atoms with Crippen LogP contribution in [0.4, 0.5) is 0 Å². The summed E-state index contributed by atoms with van der Waals surface area (Å²) < 4.78 is 4.96. The number of likely N-dealkylation sites (N-methyl/N-ethyl adjacent to an activating group) is 1. The predicted molar refractivity (Wildman–Crippen MR) is 76.3 cm³/mol. The van der Waals surface area contributed by atoms with Crippen LogP contribution in [0.25, 0.3) is 0 Å². The number of ether oxygens (including phenoxy) is 1. The van der Waals surface area contributed by atoms with Crippen LogP contribution in [0, 0.1) is 0 Å². The van der Waals surface area contributed by atoms with E-state index in [0.717, 1.165) is 6.42 Å². The van der Waals surface area contributed by atoms with Gasteiger partial charge in [-0.3, -0.25) is 14.5 Å². The first-order valence-corrected chi connectivity index (χ1v) is 6.87. The van der Waals surface area contributed by atoms with E-state index in [1.54, 1.807) is 19.1 Å². The maximum atomic E-state index is 12.0. The number of nitrogens with one attached hydrogen (secondary N) is 1. The number of hydrogen-bond acceptors (Lipinski definition) is 5. The second-order valence-electron chi connectivity index (χ2n) is 4.59. The summed E-state index contributed by atoms with van der Waals surface area (Å²) in [5.74, 6) is -0.311. The van der Waals surface area contributed by atoms with E-state index in [4.69, 9.17) is 9.84 Å². The summed E-state index contributed by atoms with van der Waals surface area (Å²) in [6.07, 6.45) is 0.866. The molecule has 0 aliphatic heterocycles. The highest BCUT2D eigenvalue weighted by molar-refractivity contribution is 5.85. The van der Waals surface area contributed by atoms with Gasteiger partial charge in [-0.2, -0.15) is 0 Å². The van der Waals surface area contributed by atoms with Crippen molar-refractivity contribution in [2.45, 2.75) is 13.3 Å². The lowest BCUT2D eigenvalue weighted by Crippen LogP contribution is -2.44. The van der Waals surface area contributed by atoms with Crippen LogP contribution < -0.4 is 5.32 Å². The van der Waals surface area contributed by atoms with E-state index in [1.165, 1.54) is 4.90 Å². The molecule has 0 heterocycles. The van der Waals surface area contributed by atoms with Crippen LogP contribution in [0.5, 0.6) is 0 Å². The molecule has 0 aliphatic rings. The Bertz CT molecular complexity index is 287. The van der Waals surface area contributed by atoms with Crippen molar-refractivity contribution in [3.05, 3.63) is 0 Å². The van der Waals surface area contributed by atoms with Gasteiger partial charge in [0.25, 0.3) is 0 Å². The quantitative estimate of drug-likeness (QED) is 0.505. The molecule has 118 valence electrons. The third-order valence-electron chi connectivity index (χ3n) is 2.77. The molecule has 0 fully saturated rings. The number of nitrogens with zero attached hydrogens (tertiary/aromatic N) is 2. The number of aliphatic hydroxyl groups is 1. The average molecular weight is 289 g/mol. The molecule has 0 aliphatic carbocycles. The third-order valence-corrected chi connectivity index (χ3v) is 2.77. The van der Waals surface area contributed by atoms with Gasteiger partial charge in [0, 0.05) is 33.8 Å². The molecule has 0 saturated carbocycles. The Morgan fingerprint density at radius 2 is 1.95 bits per heavy atom. The average Bonchev–Trinajstić information content (AvgIpc) is 2.42. The topological polar surface area (TPSA) is 82.1 Å². The SMILES string of the molecule is CCCNC(=O)CN(C)C(=O)CN(CCO)CCOC. The van der Waals surface area contributed by atoms with Crippen molar-refractivity contribution in [1.29, 1.82) is 0 Å². The number of aliphatic hydroxyl groups excluding tert-OH is 1. The van der Waals surface area contributed by atoms with Gasteiger partial charge in [0.1, 0.15) is 0 Å². The van der Waals surface area contributed by atoms with Crippen molar-refractivity contribution in [3.8, 4) is 0 Å². The van der Waals surface area contributed by atoms with Crippen LogP contribution >= 0.6 is 0 Å². The number of carbonyl (C=O) groups excluding carboxylic acids is 2. The summed E-state index contributed by atoms with van der Waals surface area (Å²) in [5.41, 5.74) is 0. The molecule has 7 nitrogen and oxygen atoms in total. The van der Waals surface area contributed by atoms with Crippen LogP contribution in [0.2, 0.25) is 0 Å². The summed E-state index contributed by atoms with van der Waals surface area (Å²) in [6, 6.07) is 0. The molecule has 0 aromatic carbocycles. The molecular formula is C13H27N3O4. The van der Waals surface area contributed by atoms with Crippen LogP contribution in [-0.2, 0) is 14.3 Å². The van der Waals surface area contributed by atoms with Crippen LogP contribution in [0.1, 0.15) is 13.3 Å². The fourth-order valence-electron chi connectivity index (χ4n) is 1.57. The standard InChI is InChI=1S/C13H27N3O4/c1-4-5-14-12(18)10-15(2)13(19)11-16(6-8-17)7-9-20-3/h17H,4-11H2,1-3H3,(H,14,18). The molecule has 0 spiro atoms. The van der Waals surface area contributed by atoms with Crippen molar-refractivity contribution in [2.24, 2.45) is 0 Å². The van der Waals surface area contributed by atoms with Crippen molar-refractivity contribution >= 4 is 11.8 Å². The summed E-state index contributed by atoms with van der Waals surface area (Å²) in [4.78, 5) is 26.7. The molecule has 2 amide bonds. The minimum absolute atomic E-state index is 0.0162. The van der Waals surface area contributed by atoms with Gasteiger partial charge in [0.2, 0.25) is 11.8 Å². The number of hydrogen-bond donors (Lipinski definition) is 2. The number of methoxy groups -OCH3 is 1. The Hall–Kier alpha value is -1.18. The molecule has 7 heteroatoms. The number of amides is 2. The van der Waals surface area contributed by atoms with Crippen molar-refractivity contribution < 1.29 is 19.4 Å². The molecule has 0 unspecified atom stereocenters. The third kappa shape index (κ3) is 8.84. The highest BCUT2D eigenvalue weighted by atomic mass is 16.5. The van der Waals surface area contributed by atoms with Crippen LogP contribution in [-0.4, -0.2) is 86.8 Å². The first-order valence-electron chi connectivity index (χ1n) is 6.87. The molecule has 0 rings (SSSR count). The maximum Gasteiger partial charge on any atom is 0.239 e. The zero-order valence-corrected chi connectivity index (χ0v) is 12.7. The molecular weight excluding hydrogens is 262 g/mol. The van der Waals surface area contributed by atoms with Gasteiger partial charge in [0.05, 0.1) is 26.3 Å². The normalized spacial score (nSPS) is 10.7. The molecule has 0 saturated heterocycles. The van der Waals surface area contributed by atoms with Gasteiger partial charge in [0.15, 0.2) is 0 Å². The zero-order chi connectivity index (χ0) is 15.4. The zero-order valence-electron chi connectivity index (χ0n) is 12.7. The Morgan fingerprint density at radius 3 is 2.50 bits per heavy atom. The predicted octanol–water partition coefficient (Wildman–Crippen LogP) is -1.09. The highest BCUT2D eigenvalue weighted by Gasteiger charge is 2.16. The lowest BCUT2D eigenvalue weighted by molar-refractivity contribution is -0.135. The second-order valence-corrected chi connectivity index (χ2v) is 4.59. The van der Waals surface area contributed by atoms with E-state index < -0.39 is 0 Å². The first-order chi connectivity index (χ1) is 9.54. The van der Waals surface area contributed by atoms with E-state index >= 15 is 0 Å². The van der Waals surface area contributed by atoms with Gasteiger partial charge < -0.3 is 20.1 Å². The van der Waals surface area contributed by atoms with Gasteiger partial charge >= 0.3 is 0 Å². The van der Waals surface area contributed by atoms with Crippen LogP contribution in [0.3, 0.4) is 0 Å². The largest absolute Gasteiger partial charge is 0.395 e. The number of carbonyl (C=O) groups is 2. The molecule has 0 radical (unpaired) electrons. The summed E-state index contributed by atoms with van der Waals surface area (Å²) >= 11 is 0. The van der Waals surface area contributed by atoms with E-state index in [9.17, 15) is 9.59 Å². The van der Waals surface area contributed by atoms with Crippen LogP contribution in [0.15, 0.2) is 0 Å². The lowest BCUT2D eigenvalue weighted by Gasteiger charge is -2.24. The molecule has 0 aromatic rings. The molecule has 2 N–H and O–H groups in total. The Balaban J connectivity index is 4.16. The number of rotatable bonds is 11.